The minimum Gasteiger partial charge on any atom is -0.496 e. The Bertz CT molecular complexity index is 779. The van der Waals surface area contributed by atoms with E-state index in [1.165, 1.54) is 13.2 Å². The van der Waals surface area contributed by atoms with Crippen molar-refractivity contribution in [3.05, 3.63) is 83.6 Å². The van der Waals surface area contributed by atoms with Crippen LogP contribution in [0.15, 0.2) is 72.4 Å². The first-order valence-corrected chi connectivity index (χ1v) is 7.23. The summed E-state index contributed by atoms with van der Waals surface area (Å²) in [7, 11) is 1.45. The lowest BCUT2D eigenvalue weighted by molar-refractivity contribution is -0.133. The van der Waals surface area contributed by atoms with Gasteiger partial charge in [-0.1, -0.05) is 54.6 Å². The lowest BCUT2D eigenvalue weighted by atomic mass is 10.2. The molecule has 0 aliphatic heterocycles. The van der Waals surface area contributed by atoms with E-state index < -0.39 is 11.9 Å². The molecule has 0 atom stereocenters. The van der Waals surface area contributed by atoms with Gasteiger partial charge in [-0.05, 0) is 23.8 Å². The van der Waals surface area contributed by atoms with Gasteiger partial charge in [-0.25, -0.2) is 4.79 Å². The first-order valence-electron chi connectivity index (χ1n) is 7.23. The Balaban J connectivity index is 2.16. The first kappa shape index (κ1) is 17.0. The molecule has 24 heavy (non-hydrogen) atoms. The number of amides is 1. The molecule has 2 aromatic carbocycles. The van der Waals surface area contributed by atoms with Gasteiger partial charge in [0.1, 0.15) is 11.4 Å². The largest absolute Gasteiger partial charge is 0.496 e. The molecule has 1 amide bonds. The topological polar surface area (TPSA) is 75.6 Å². The van der Waals surface area contributed by atoms with Crippen LogP contribution < -0.4 is 10.1 Å². The van der Waals surface area contributed by atoms with E-state index in [0.717, 1.165) is 5.56 Å². The van der Waals surface area contributed by atoms with Crippen molar-refractivity contribution in [3.8, 4) is 5.75 Å². The van der Waals surface area contributed by atoms with E-state index in [1.807, 2.05) is 30.3 Å². The number of ether oxygens (including phenoxy) is 1. The third-order valence-corrected chi connectivity index (χ3v) is 3.18. The molecule has 2 N–H and O–H groups in total. The number of carboxylic acids is 1. The predicted molar refractivity (Wildman–Crippen MR) is 91.7 cm³/mol. The maximum Gasteiger partial charge on any atom is 0.352 e. The fourth-order valence-electron chi connectivity index (χ4n) is 2.01. The van der Waals surface area contributed by atoms with Gasteiger partial charge in [-0.2, -0.15) is 0 Å². The van der Waals surface area contributed by atoms with Crippen LogP contribution >= 0.6 is 0 Å². The predicted octanol–water partition coefficient (Wildman–Crippen LogP) is 3.11. The molecule has 0 spiro atoms. The number of carbonyl (C=O) groups excluding carboxylic acids is 1. The molecule has 0 saturated heterocycles. The number of hydrogen-bond acceptors (Lipinski definition) is 3. The van der Waals surface area contributed by atoms with Crippen LogP contribution in [-0.2, 0) is 4.79 Å². The third-order valence-electron chi connectivity index (χ3n) is 3.18. The molecule has 0 saturated carbocycles. The second-order valence-corrected chi connectivity index (χ2v) is 4.81. The van der Waals surface area contributed by atoms with Crippen molar-refractivity contribution in [1.29, 1.82) is 0 Å². The molecule has 0 heterocycles. The number of rotatable bonds is 6. The van der Waals surface area contributed by atoms with Crippen molar-refractivity contribution < 1.29 is 19.4 Å². The van der Waals surface area contributed by atoms with Gasteiger partial charge in [0, 0.05) is 0 Å². The quantitative estimate of drug-likeness (QED) is 0.633. The highest BCUT2D eigenvalue weighted by atomic mass is 16.5. The average Bonchev–Trinajstić information content (AvgIpc) is 2.61. The first-order chi connectivity index (χ1) is 11.6. The molecular formula is C19H17NO4. The number of carbonyl (C=O) groups is 2. The van der Waals surface area contributed by atoms with E-state index in [4.69, 9.17) is 4.74 Å². The summed E-state index contributed by atoms with van der Waals surface area (Å²) >= 11 is 0. The van der Waals surface area contributed by atoms with Crippen molar-refractivity contribution in [3.63, 3.8) is 0 Å². The number of carboxylic acid groups (broad SMARTS) is 1. The Morgan fingerprint density at radius 3 is 2.38 bits per heavy atom. The summed E-state index contributed by atoms with van der Waals surface area (Å²) in [5.41, 5.74) is 0.965. The molecule has 0 unspecified atom stereocenters. The van der Waals surface area contributed by atoms with E-state index in [0.29, 0.717) is 5.75 Å². The van der Waals surface area contributed by atoms with E-state index in [2.05, 4.69) is 5.32 Å². The maximum absolute atomic E-state index is 12.3. The Morgan fingerprint density at radius 2 is 1.71 bits per heavy atom. The molecule has 5 nitrogen and oxygen atoms in total. The van der Waals surface area contributed by atoms with E-state index in [1.54, 1.807) is 36.4 Å². The van der Waals surface area contributed by atoms with Crippen LogP contribution in [0.5, 0.6) is 5.75 Å². The fourth-order valence-corrected chi connectivity index (χ4v) is 2.01. The second-order valence-electron chi connectivity index (χ2n) is 4.81. The van der Waals surface area contributed by atoms with Gasteiger partial charge in [-0.15, -0.1) is 0 Å². The number of hydrogen-bond donors (Lipinski definition) is 2. The van der Waals surface area contributed by atoms with Gasteiger partial charge in [0.2, 0.25) is 0 Å². The number of allylic oxidation sites excluding steroid dienone is 2. The molecule has 0 fully saturated rings. The Morgan fingerprint density at radius 1 is 1.04 bits per heavy atom. The van der Waals surface area contributed by atoms with Crippen LogP contribution in [0.4, 0.5) is 0 Å². The highest BCUT2D eigenvalue weighted by Gasteiger charge is 2.15. The van der Waals surface area contributed by atoms with Gasteiger partial charge in [0.25, 0.3) is 5.91 Å². The number of methoxy groups -OCH3 is 1. The summed E-state index contributed by atoms with van der Waals surface area (Å²) in [4.78, 5) is 23.6. The molecule has 0 aliphatic rings. The Labute approximate surface area is 139 Å². The summed E-state index contributed by atoms with van der Waals surface area (Å²) in [5.74, 6) is -1.40. The van der Waals surface area contributed by atoms with E-state index in [-0.39, 0.29) is 11.3 Å². The minimum absolute atomic E-state index is 0.224. The zero-order chi connectivity index (χ0) is 17.4. The van der Waals surface area contributed by atoms with Crippen LogP contribution in [0.1, 0.15) is 15.9 Å². The lowest BCUT2D eigenvalue weighted by Gasteiger charge is -2.09. The minimum atomic E-state index is -1.23. The summed E-state index contributed by atoms with van der Waals surface area (Å²) in [5, 5.41) is 11.6. The molecule has 2 aromatic rings. The molecule has 0 bridgehead atoms. The number of para-hydroxylation sites is 1. The van der Waals surface area contributed by atoms with Crippen LogP contribution in [0.3, 0.4) is 0 Å². The van der Waals surface area contributed by atoms with Gasteiger partial charge in [0.05, 0.1) is 12.7 Å². The second kappa shape index (κ2) is 8.33. The smallest absolute Gasteiger partial charge is 0.352 e. The van der Waals surface area contributed by atoms with E-state index >= 15 is 0 Å². The average molecular weight is 323 g/mol. The molecule has 5 heteroatoms. The van der Waals surface area contributed by atoms with Gasteiger partial charge in [0.15, 0.2) is 0 Å². The van der Waals surface area contributed by atoms with Crippen LogP contribution in [-0.4, -0.2) is 24.1 Å². The SMILES string of the molecule is COc1ccccc1C(=O)N/C(=C/C=C/c1ccccc1)C(=O)O. The monoisotopic (exact) mass is 323 g/mol. The fraction of sp³-hybridized carbons (Fsp3) is 0.0526. The van der Waals surface area contributed by atoms with Crippen molar-refractivity contribution in [2.45, 2.75) is 0 Å². The van der Waals surface area contributed by atoms with Gasteiger partial charge >= 0.3 is 5.97 Å². The van der Waals surface area contributed by atoms with Crippen molar-refractivity contribution >= 4 is 18.0 Å². The Hall–Kier alpha value is -3.34. The maximum atomic E-state index is 12.3. The number of benzene rings is 2. The highest BCUT2D eigenvalue weighted by molar-refractivity contribution is 6.02. The molecular weight excluding hydrogens is 306 g/mol. The van der Waals surface area contributed by atoms with E-state index in [9.17, 15) is 14.7 Å². The number of nitrogens with one attached hydrogen (secondary N) is 1. The van der Waals surface area contributed by atoms with Gasteiger partial charge < -0.3 is 15.2 Å². The van der Waals surface area contributed by atoms with Crippen molar-refractivity contribution in [2.75, 3.05) is 7.11 Å². The van der Waals surface area contributed by atoms with Gasteiger partial charge in [-0.3, -0.25) is 4.79 Å². The zero-order valence-corrected chi connectivity index (χ0v) is 13.1. The third kappa shape index (κ3) is 4.58. The molecule has 0 aliphatic carbocycles. The summed E-state index contributed by atoms with van der Waals surface area (Å²) in [6.07, 6.45) is 4.65. The summed E-state index contributed by atoms with van der Waals surface area (Å²) in [6, 6.07) is 16.0. The normalized spacial score (nSPS) is 11.3. The van der Waals surface area contributed by atoms with Crippen molar-refractivity contribution in [2.24, 2.45) is 0 Å². The lowest BCUT2D eigenvalue weighted by Crippen LogP contribution is -2.27. The molecule has 122 valence electrons. The van der Waals surface area contributed by atoms with Crippen LogP contribution in [0.2, 0.25) is 0 Å². The van der Waals surface area contributed by atoms with Crippen LogP contribution in [0.25, 0.3) is 6.08 Å². The number of aliphatic carboxylic acids is 1. The Kier molecular flexibility index (Phi) is 5.91. The standard InChI is InChI=1S/C19H17NO4/c1-24-17-13-6-5-11-15(17)18(21)20-16(19(22)23)12-7-10-14-8-3-2-4-9-14/h2-13H,1H3,(H,20,21)(H,22,23)/b10-7+,16-12+. The highest BCUT2D eigenvalue weighted by Crippen LogP contribution is 2.17. The zero-order valence-electron chi connectivity index (χ0n) is 13.1. The summed E-state index contributed by atoms with van der Waals surface area (Å²) < 4.78 is 5.11. The van der Waals surface area contributed by atoms with Crippen molar-refractivity contribution in [1.82, 2.24) is 5.32 Å². The molecule has 2 rings (SSSR count). The summed E-state index contributed by atoms with van der Waals surface area (Å²) in [6.45, 7) is 0. The molecule has 0 aromatic heterocycles. The molecule has 0 radical (unpaired) electrons. The van der Waals surface area contributed by atoms with Crippen LogP contribution in [0, 0.1) is 0 Å².